The van der Waals surface area contributed by atoms with Crippen LogP contribution in [0.15, 0.2) is 18.2 Å². The van der Waals surface area contributed by atoms with Crippen LogP contribution in [0.1, 0.15) is 18.0 Å². The number of nitrogens with two attached hydrogens (primary N) is 2. The van der Waals surface area contributed by atoms with Crippen LogP contribution >= 0.6 is 0 Å². The molecular weight excluding hydrogens is 183 g/mol. The van der Waals surface area contributed by atoms with Gasteiger partial charge >= 0.3 is 0 Å². The van der Waals surface area contributed by atoms with E-state index in [-0.39, 0.29) is 11.8 Å². The number of methoxy groups -OCH3 is 1. The molecule has 0 saturated carbocycles. The molecule has 4 heteroatoms. The predicted molar refractivity (Wildman–Crippen MR) is 53.6 cm³/mol. The van der Waals surface area contributed by atoms with Crippen molar-refractivity contribution in [2.45, 2.75) is 12.5 Å². The van der Waals surface area contributed by atoms with Crippen LogP contribution in [0.25, 0.3) is 0 Å². The van der Waals surface area contributed by atoms with Gasteiger partial charge in [-0.2, -0.15) is 0 Å². The van der Waals surface area contributed by atoms with E-state index >= 15 is 0 Å². The zero-order chi connectivity index (χ0) is 10.6. The van der Waals surface area contributed by atoms with Crippen molar-refractivity contribution >= 4 is 0 Å². The van der Waals surface area contributed by atoms with E-state index < -0.39 is 5.82 Å². The third kappa shape index (κ3) is 2.43. The number of halogens is 1. The average Bonchev–Trinajstić information content (AvgIpc) is 2.18. The minimum Gasteiger partial charge on any atom is -0.494 e. The molecule has 0 saturated heterocycles. The zero-order valence-electron chi connectivity index (χ0n) is 8.16. The molecule has 14 heavy (non-hydrogen) atoms. The lowest BCUT2D eigenvalue weighted by atomic mass is 10.0. The first-order chi connectivity index (χ1) is 6.69. The molecule has 3 nitrogen and oxygen atoms in total. The Morgan fingerprint density at radius 1 is 1.50 bits per heavy atom. The average molecular weight is 198 g/mol. The van der Waals surface area contributed by atoms with Crippen LogP contribution in [0.5, 0.6) is 5.75 Å². The molecule has 0 spiro atoms. The SMILES string of the molecule is COc1ccc([C@H](N)CCN)cc1F. The van der Waals surface area contributed by atoms with Gasteiger partial charge in [-0.05, 0) is 30.7 Å². The quantitative estimate of drug-likeness (QED) is 0.763. The maximum atomic E-state index is 13.2. The molecule has 0 fully saturated rings. The van der Waals surface area contributed by atoms with Crippen molar-refractivity contribution in [3.8, 4) is 5.75 Å². The molecule has 0 bridgehead atoms. The lowest BCUT2D eigenvalue weighted by molar-refractivity contribution is 0.385. The highest BCUT2D eigenvalue weighted by molar-refractivity contribution is 5.30. The van der Waals surface area contributed by atoms with Gasteiger partial charge in [0.2, 0.25) is 0 Å². The van der Waals surface area contributed by atoms with Crippen LogP contribution in [0.3, 0.4) is 0 Å². The van der Waals surface area contributed by atoms with Crippen molar-refractivity contribution < 1.29 is 9.13 Å². The van der Waals surface area contributed by atoms with Crippen LogP contribution < -0.4 is 16.2 Å². The van der Waals surface area contributed by atoms with Crippen LogP contribution in [-0.2, 0) is 0 Å². The van der Waals surface area contributed by atoms with Gasteiger partial charge in [-0.1, -0.05) is 6.07 Å². The van der Waals surface area contributed by atoms with E-state index in [9.17, 15) is 4.39 Å². The summed E-state index contributed by atoms with van der Waals surface area (Å²) in [5.74, 6) is -0.161. The first-order valence-electron chi connectivity index (χ1n) is 4.48. The summed E-state index contributed by atoms with van der Waals surface area (Å²) in [5, 5.41) is 0. The van der Waals surface area contributed by atoms with Crippen LogP contribution in [-0.4, -0.2) is 13.7 Å². The summed E-state index contributed by atoms with van der Waals surface area (Å²) in [5.41, 5.74) is 11.9. The molecule has 0 unspecified atom stereocenters. The second kappa shape index (κ2) is 4.93. The molecule has 1 atom stereocenters. The Hall–Kier alpha value is -1.13. The summed E-state index contributed by atoms with van der Waals surface area (Å²) in [4.78, 5) is 0. The highest BCUT2D eigenvalue weighted by Gasteiger charge is 2.08. The summed E-state index contributed by atoms with van der Waals surface area (Å²) in [6.07, 6.45) is 0.645. The van der Waals surface area contributed by atoms with Crippen LogP contribution in [0.2, 0.25) is 0 Å². The van der Waals surface area contributed by atoms with Crippen LogP contribution in [0, 0.1) is 5.82 Å². The molecule has 0 aromatic heterocycles. The molecule has 4 N–H and O–H groups in total. The Labute approximate surface area is 82.9 Å². The normalized spacial score (nSPS) is 12.6. The number of ether oxygens (including phenoxy) is 1. The number of hydrogen-bond donors (Lipinski definition) is 2. The van der Waals surface area contributed by atoms with Crippen molar-refractivity contribution in [2.75, 3.05) is 13.7 Å². The largest absolute Gasteiger partial charge is 0.494 e. The standard InChI is InChI=1S/C10H15FN2O/c1-14-10-3-2-7(6-8(10)11)9(13)4-5-12/h2-3,6,9H,4-5,12-13H2,1H3/t9-/m1/s1. The third-order valence-electron chi connectivity index (χ3n) is 2.08. The molecule has 0 amide bonds. The first kappa shape index (κ1) is 10.9. The Kier molecular flexibility index (Phi) is 3.85. The Bertz CT molecular complexity index is 304. The van der Waals surface area contributed by atoms with Crippen molar-refractivity contribution in [3.63, 3.8) is 0 Å². The predicted octanol–water partition coefficient (Wildman–Crippen LogP) is 1.18. The third-order valence-corrected chi connectivity index (χ3v) is 2.08. The zero-order valence-corrected chi connectivity index (χ0v) is 8.16. The molecule has 0 radical (unpaired) electrons. The van der Waals surface area contributed by atoms with Crippen molar-refractivity contribution in [1.29, 1.82) is 0 Å². The van der Waals surface area contributed by atoms with Gasteiger partial charge in [0.1, 0.15) is 0 Å². The van der Waals surface area contributed by atoms with Crippen molar-refractivity contribution in [1.82, 2.24) is 0 Å². The lowest BCUT2D eigenvalue weighted by Crippen LogP contribution is -2.15. The molecule has 1 aromatic rings. The Morgan fingerprint density at radius 2 is 2.21 bits per heavy atom. The summed E-state index contributed by atoms with van der Waals surface area (Å²) in [6.45, 7) is 0.495. The van der Waals surface area contributed by atoms with Gasteiger partial charge in [-0.25, -0.2) is 4.39 Å². The van der Waals surface area contributed by atoms with E-state index in [0.29, 0.717) is 13.0 Å². The second-order valence-corrected chi connectivity index (χ2v) is 3.08. The first-order valence-corrected chi connectivity index (χ1v) is 4.48. The van der Waals surface area contributed by atoms with Crippen LogP contribution in [0.4, 0.5) is 4.39 Å². The molecule has 78 valence electrons. The van der Waals surface area contributed by atoms with E-state index in [1.54, 1.807) is 12.1 Å². The fourth-order valence-corrected chi connectivity index (χ4v) is 1.26. The van der Waals surface area contributed by atoms with Crippen molar-refractivity contribution in [2.24, 2.45) is 11.5 Å². The lowest BCUT2D eigenvalue weighted by Gasteiger charge is -2.11. The van der Waals surface area contributed by atoms with Crippen molar-refractivity contribution in [3.05, 3.63) is 29.6 Å². The highest BCUT2D eigenvalue weighted by atomic mass is 19.1. The molecule has 0 aliphatic carbocycles. The topological polar surface area (TPSA) is 61.3 Å². The fraction of sp³-hybridized carbons (Fsp3) is 0.400. The van der Waals surface area contributed by atoms with Gasteiger partial charge in [-0.15, -0.1) is 0 Å². The van der Waals surface area contributed by atoms with Gasteiger partial charge in [0, 0.05) is 6.04 Å². The molecule has 1 rings (SSSR count). The summed E-state index contributed by atoms with van der Waals surface area (Å²) in [6, 6.07) is 4.50. The van der Waals surface area contributed by atoms with Gasteiger partial charge in [-0.3, -0.25) is 0 Å². The molecule has 0 heterocycles. The maximum absolute atomic E-state index is 13.2. The van der Waals surface area contributed by atoms with E-state index in [1.807, 2.05) is 0 Å². The van der Waals surface area contributed by atoms with Gasteiger partial charge in [0.25, 0.3) is 0 Å². The maximum Gasteiger partial charge on any atom is 0.165 e. The summed E-state index contributed by atoms with van der Waals surface area (Å²) < 4.78 is 18.0. The van der Waals surface area contributed by atoms with Gasteiger partial charge < -0.3 is 16.2 Å². The molecule has 0 aliphatic heterocycles. The second-order valence-electron chi connectivity index (χ2n) is 3.08. The smallest absolute Gasteiger partial charge is 0.165 e. The highest BCUT2D eigenvalue weighted by Crippen LogP contribution is 2.21. The molecule has 1 aromatic carbocycles. The van der Waals surface area contributed by atoms with E-state index in [1.165, 1.54) is 13.2 Å². The minimum atomic E-state index is -0.391. The summed E-state index contributed by atoms with van der Waals surface area (Å²) in [7, 11) is 1.43. The summed E-state index contributed by atoms with van der Waals surface area (Å²) >= 11 is 0. The Morgan fingerprint density at radius 3 is 2.71 bits per heavy atom. The Balaban J connectivity index is 2.85. The number of hydrogen-bond acceptors (Lipinski definition) is 3. The monoisotopic (exact) mass is 198 g/mol. The number of benzene rings is 1. The fourth-order valence-electron chi connectivity index (χ4n) is 1.26. The minimum absolute atomic E-state index is 0.208. The molecular formula is C10H15FN2O. The van der Waals surface area contributed by atoms with E-state index in [4.69, 9.17) is 16.2 Å². The number of rotatable bonds is 4. The molecule has 0 aliphatic rings. The van der Waals surface area contributed by atoms with E-state index in [2.05, 4.69) is 0 Å². The van der Waals surface area contributed by atoms with E-state index in [0.717, 1.165) is 5.56 Å². The van der Waals surface area contributed by atoms with Gasteiger partial charge in [0.05, 0.1) is 7.11 Å². The van der Waals surface area contributed by atoms with Gasteiger partial charge in [0.15, 0.2) is 11.6 Å².